The first-order valence-corrected chi connectivity index (χ1v) is 11.9. The minimum atomic E-state index is -0.347. The van der Waals surface area contributed by atoms with Crippen LogP contribution in [0.1, 0.15) is 20.7 Å². The predicted octanol–water partition coefficient (Wildman–Crippen LogP) is 3.26. The van der Waals surface area contributed by atoms with E-state index in [9.17, 15) is 14.4 Å². The van der Waals surface area contributed by atoms with Gasteiger partial charge in [0.2, 0.25) is 5.91 Å². The van der Waals surface area contributed by atoms with Crippen LogP contribution in [-0.2, 0) is 9.53 Å². The van der Waals surface area contributed by atoms with Crippen LogP contribution in [0.15, 0.2) is 72.8 Å². The number of benzene rings is 3. The number of carbonyl (C=O) groups excluding carboxylic acids is 3. The summed E-state index contributed by atoms with van der Waals surface area (Å²) in [6.45, 7) is 2.69. The first-order valence-electron chi connectivity index (χ1n) is 11.9. The van der Waals surface area contributed by atoms with Gasteiger partial charge in [-0.2, -0.15) is 0 Å². The highest BCUT2D eigenvalue weighted by Crippen LogP contribution is 2.25. The van der Waals surface area contributed by atoms with Crippen LogP contribution in [0.25, 0.3) is 11.1 Å². The predicted molar refractivity (Wildman–Crippen MR) is 140 cm³/mol. The average molecular weight is 487 g/mol. The number of nitrogens with one attached hydrogen (secondary N) is 2. The first-order chi connectivity index (χ1) is 17.5. The van der Waals surface area contributed by atoms with E-state index in [1.807, 2.05) is 59.5 Å². The van der Waals surface area contributed by atoms with Gasteiger partial charge >= 0.3 is 0 Å². The van der Waals surface area contributed by atoms with E-state index in [0.717, 1.165) is 16.8 Å². The van der Waals surface area contributed by atoms with Gasteiger partial charge in [0.05, 0.1) is 31.0 Å². The Morgan fingerprint density at radius 3 is 2.25 bits per heavy atom. The molecule has 0 saturated carbocycles. The van der Waals surface area contributed by atoms with Crippen LogP contribution in [0.4, 0.5) is 11.4 Å². The van der Waals surface area contributed by atoms with Crippen LogP contribution in [0, 0.1) is 0 Å². The molecule has 0 bridgehead atoms. The molecule has 8 nitrogen and oxygen atoms in total. The lowest BCUT2D eigenvalue weighted by atomic mass is 10.0. The molecule has 1 heterocycles. The molecule has 1 aliphatic heterocycles. The minimum absolute atomic E-state index is 0.183. The molecule has 0 radical (unpaired) electrons. The van der Waals surface area contributed by atoms with E-state index in [2.05, 4.69) is 10.6 Å². The third-order valence-corrected chi connectivity index (χ3v) is 6.15. The number of anilines is 2. The van der Waals surface area contributed by atoms with Gasteiger partial charge in [0, 0.05) is 38.4 Å². The molecule has 1 saturated heterocycles. The Bertz CT molecular complexity index is 1220. The molecule has 186 valence electrons. The standard InChI is InChI=1S/C28H30N4O4/c1-29-27(34)24-13-10-22(18-25(24)30-26(33)19-32-14-16-36-17-15-32)28(35)31(2)23-11-8-21(9-12-23)20-6-4-3-5-7-20/h3-13,18H,14-17,19H2,1-2H3,(H,29,34)(H,30,33). The Hall–Kier alpha value is -4.01. The highest BCUT2D eigenvalue weighted by atomic mass is 16.5. The summed E-state index contributed by atoms with van der Waals surface area (Å²) in [6, 6.07) is 22.5. The van der Waals surface area contributed by atoms with E-state index < -0.39 is 0 Å². The topological polar surface area (TPSA) is 91.0 Å². The van der Waals surface area contributed by atoms with E-state index in [-0.39, 0.29) is 24.3 Å². The van der Waals surface area contributed by atoms with Crippen molar-refractivity contribution < 1.29 is 19.1 Å². The van der Waals surface area contributed by atoms with Crippen molar-refractivity contribution in [2.45, 2.75) is 0 Å². The molecule has 3 aromatic carbocycles. The van der Waals surface area contributed by atoms with Gasteiger partial charge < -0.3 is 20.3 Å². The van der Waals surface area contributed by atoms with Crippen molar-refractivity contribution in [1.82, 2.24) is 10.2 Å². The maximum absolute atomic E-state index is 13.3. The quantitative estimate of drug-likeness (QED) is 0.535. The molecule has 0 aliphatic carbocycles. The fourth-order valence-corrected chi connectivity index (χ4v) is 4.08. The fraction of sp³-hybridized carbons (Fsp3) is 0.250. The zero-order chi connectivity index (χ0) is 25.5. The summed E-state index contributed by atoms with van der Waals surface area (Å²) < 4.78 is 5.33. The van der Waals surface area contributed by atoms with Gasteiger partial charge in [0.25, 0.3) is 11.8 Å². The number of hydrogen-bond acceptors (Lipinski definition) is 5. The molecule has 0 aromatic heterocycles. The van der Waals surface area contributed by atoms with E-state index in [1.165, 1.54) is 7.05 Å². The maximum Gasteiger partial charge on any atom is 0.258 e. The Morgan fingerprint density at radius 1 is 0.917 bits per heavy atom. The van der Waals surface area contributed by atoms with Crippen LogP contribution in [0.2, 0.25) is 0 Å². The Balaban J connectivity index is 1.52. The third-order valence-electron chi connectivity index (χ3n) is 6.15. The molecule has 0 atom stereocenters. The summed E-state index contributed by atoms with van der Waals surface area (Å²) in [6.07, 6.45) is 0. The molecular formula is C28H30N4O4. The van der Waals surface area contributed by atoms with Crippen LogP contribution in [0.3, 0.4) is 0 Å². The van der Waals surface area contributed by atoms with Gasteiger partial charge in [-0.05, 0) is 41.5 Å². The zero-order valence-corrected chi connectivity index (χ0v) is 20.5. The van der Waals surface area contributed by atoms with Crippen molar-refractivity contribution in [3.8, 4) is 11.1 Å². The molecule has 3 aromatic rings. The monoisotopic (exact) mass is 486 g/mol. The highest BCUT2D eigenvalue weighted by Gasteiger charge is 2.20. The molecule has 2 N–H and O–H groups in total. The van der Waals surface area contributed by atoms with E-state index in [0.29, 0.717) is 43.1 Å². The Morgan fingerprint density at radius 2 is 1.58 bits per heavy atom. The van der Waals surface area contributed by atoms with Gasteiger partial charge in [-0.25, -0.2) is 0 Å². The Labute approximate surface area is 210 Å². The molecule has 8 heteroatoms. The van der Waals surface area contributed by atoms with Crippen molar-refractivity contribution >= 4 is 29.1 Å². The summed E-state index contributed by atoms with van der Waals surface area (Å²) in [4.78, 5) is 41.9. The smallest absolute Gasteiger partial charge is 0.258 e. The van der Waals surface area contributed by atoms with Gasteiger partial charge in [0.15, 0.2) is 0 Å². The van der Waals surface area contributed by atoms with Crippen molar-refractivity contribution in [2.75, 3.05) is 57.2 Å². The molecule has 0 unspecified atom stereocenters. The van der Waals surface area contributed by atoms with E-state index in [4.69, 9.17) is 4.74 Å². The summed E-state index contributed by atoms with van der Waals surface area (Å²) >= 11 is 0. The van der Waals surface area contributed by atoms with Gasteiger partial charge in [0.1, 0.15) is 0 Å². The lowest BCUT2D eigenvalue weighted by molar-refractivity contribution is -0.118. The van der Waals surface area contributed by atoms with E-state index >= 15 is 0 Å². The number of carbonyl (C=O) groups is 3. The van der Waals surface area contributed by atoms with Crippen molar-refractivity contribution in [1.29, 1.82) is 0 Å². The summed E-state index contributed by atoms with van der Waals surface area (Å²) in [7, 11) is 3.22. The normalized spacial score (nSPS) is 13.6. The maximum atomic E-state index is 13.3. The molecule has 1 fully saturated rings. The Kier molecular flexibility index (Phi) is 8.10. The second-order valence-electron chi connectivity index (χ2n) is 8.55. The molecule has 3 amide bonds. The fourth-order valence-electron chi connectivity index (χ4n) is 4.08. The lowest BCUT2D eigenvalue weighted by Crippen LogP contribution is -2.41. The highest BCUT2D eigenvalue weighted by molar-refractivity contribution is 6.10. The van der Waals surface area contributed by atoms with Crippen molar-refractivity contribution in [2.24, 2.45) is 0 Å². The number of rotatable bonds is 7. The summed E-state index contributed by atoms with van der Waals surface area (Å²) in [5, 5.41) is 5.40. The minimum Gasteiger partial charge on any atom is -0.379 e. The van der Waals surface area contributed by atoms with Gasteiger partial charge in [-0.1, -0.05) is 42.5 Å². The largest absolute Gasteiger partial charge is 0.379 e. The van der Waals surface area contributed by atoms with Gasteiger partial charge in [-0.15, -0.1) is 0 Å². The lowest BCUT2D eigenvalue weighted by Gasteiger charge is -2.26. The second kappa shape index (κ2) is 11.6. The summed E-state index contributed by atoms with van der Waals surface area (Å²) in [5.41, 5.74) is 3.83. The zero-order valence-electron chi connectivity index (χ0n) is 20.5. The average Bonchev–Trinajstić information content (AvgIpc) is 2.93. The number of hydrogen-bond donors (Lipinski definition) is 2. The third kappa shape index (κ3) is 5.97. The van der Waals surface area contributed by atoms with Crippen LogP contribution < -0.4 is 15.5 Å². The number of amides is 3. The number of morpholine rings is 1. The first kappa shape index (κ1) is 25.1. The molecule has 4 rings (SSSR count). The van der Waals surface area contributed by atoms with Crippen LogP contribution in [0.5, 0.6) is 0 Å². The molecule has 1 aliphatic rings. The SMILES string of the molecule is CNC(=O)c1ccc(C(=O)N(C)c2ccc(-c3ccccc3)cc2)cc1NC(=O)CN1CCOCC1. The number of nitrogens with zero attached hydrogens (tertiary/aromatic N) is 2. The molecule has 0 spiro atoms. The van der Waals surface area contributed by atoms with Crippen LogP contribution in [-0.4, -0.2) is 69.6 Å². The number of ether oxygens (including phenoxy) is 1. The van der Waals surface area contributed by atoms with E-state index in [1.54, 1.807) is 30.1 Å². The van der Waals surface area contributed by atoms with Crippen molar-refractivity contribution in [3.05, 3.63) is 83.9 Å². The second-order valence-corrected chi connectivity index (χ2v) is 8.55. The van der Waals surface area contributed by atoms with Crippen LogP contribution >= 0.6 is 0 Å². The molecular weight excluding hydrogens is 456 g/mol. The molecule has 36 heavy (non-hydrogen) atoms. The van der Waals surface area contributed by atoms with Crippen molar-refractivity contribution in [3.63, 3.8) is 0 Å². The van der Waals surface area contributed by atoms with Gasteiger partial charge in [-0.3, -0.25) is 19.3 Å². The summed E-state index contributed by atoms with van der Waals surface area (Å²) in [5.74, 6) is -0.855.